The SMILES string of the molecule is Cc1cccc(C=NNc2nc(N3CCOCC3)nc3c2ncn3C2CCN(C(=O)c3cccnc3)CC2)c1. The molecule has 0 spiro atoms. The fourth-order valence-electron chi connectivity index (χ4n) is 5.09. The van der Waals surface area contributed by atoms with E-state index in [2.05, 4.69) is 44.0 Å². The van der Waals surface area contributed by atoms with Crippen molar-refractivity contribution in [2.45, 2.75) is 25.8 Å². The van der Waals surface area contributed by atoms with Crippen molar-refractivity contribution >= 4 is 35.1 Å². The van der Waals surface area contributed by atoms with Crippen LogP contribution in [0.2, 0.25) is 0 Å². The lowest BCUT2D eigenvalue weighted by Gasteiger charge is -2.33. The number of pyridine rings is 1. The van der Waals surface area contributed by atoms with Crippen molar-refractivity contribution in [1.82, 2.24) is 29.4 Å². The molecule has 6 rings (SSSR count). The van der Waals surface area contributed by atoms with Crippen molar-refractivity contribution in [2.24, 2.45) is 5.10 Å². The van der Waals surface area contributed by atoms with Crippen LogP contribution >= 0.6 is 0 Å². The van der Waals surface area contributed by atoms with Crippen LogP contribution in [-0.4, -0.2) is 80.9 Å². The summed E-state index contributed by atoms with van der Waals surface area (Å²) in [5, 5.41) is 4.46. The third-order valence-electron chi connectivity index (χ3n) is 7.18. The van der Waals surface area contributed by atoms with Gasteiger partial charge in [-0.15, -0.1) is 0 Å². The zero-order chi connectivity index (χ0) is 26.6. The number of hydrogen-bond donors (Lipinski definition) is 1. The van der Waals surface area contributed by atoms with Gasteiger partial charge in [0, 0.05) is 44.6 Å². The molecule has 0 bridgehead atoms. The van der Waals surface area contributed by atoms with Crippen molar-refractivity contribution in [3.63, 3.8) is 0 Å². The minimum atomic E-state index is 0.0203. The molecule has 0 atom stereocenters. The van der Waals surface area contributed by atoms with Crippen molar-refractivity contribution in [1.29, 1.82) is 0 Å². The summed E-state index contributed by atoms with van der Waals surface area (Å²) in [7, 11) is 0. The van der Waals surface area contributed by atoms with E-state index in [1.807, 2.05) is 29.4 Å². The summed E-state index contributed by atoms with van der Waals surface area (Å²) in [5.41, 5.74) is 7.34. The third kappa shape index (κ3) is 5.44. The normalized spacial score (nSPS) is 16.7. The number of amides is 1. The van der Waals surface area contributed by atoms with Crippen LogP contribution in [0.15, 0.2) is 60.2 Å². The molecule has 5 heterocycles. The number of imidazole rings is 1. The smallest absolute Gasteiger partial charge is 0.255 e. The summed E-state index contributed by atoms with van der Waals surface area (Å²) in [6.45, 7) is 6.09. The summed E-state index contributed by atoms with van der Waals surface area (Å²) in [6, 6.07) is 11.9. The van der Waals surface area contributed by atoms with Crippen LogP contribution in [-0.2, 0) is 4.74 Å². The number of fused-ring (bicyclic) bond motifs is 1. The van der Waals surface area contributed by atoms with Crippen molar-refractivity contribution in [3.8, 4) is 0 Å². The largest absolute Gasteiger partial charge is 0.378 e. The molecule has 2 saturated heterocycles. The highest BCUT2D eigenvalue weighted by Crippen LogP contribution is 2.30. The molecule has 200 valence electrons. The zero-order valence-corrected chi connectivity index (χ0v) is 21.9. The Labute approximate surface area is 226 Å². The second-order valence-corrected chi connectivity index (χ2v) is 9.84. The highest BCUT2D eigenvalue weighted by atomic mass is 16.5. The number of carbonyl (C=O) groups is 1. The molecule has 1 aromatic carbocycles. The van der Waals surface area contributed by atoms with Crippen molar-refractivity contribution in [3.05, 3.63) is 71.8 Å². The Bertz CT molecular complexity index is 1470. The first kappa shape index (κ1) is 24.9. The molecule has 0 saturated carbocycles. The lowest BCUT2D eigenvalue weighted by atomic mass is 10.0. The number of nitrogens with zero attached hydrogens (tertiary/aromatic N) is 8. The lowest BCUT2D eigenvalue weighted by molar-refractivity contribution is 0.0695. The molecule has 0 aliphatic carbocycles. The second-order valence-electron chi connectivity index (χ2n) is 9.84. The Kier molecular flexibility index (Phi) is 7.13. The van der Waals surface area contributed by atoms with E-state index in [0.717, 1.165) is 37.1 Å². The molecule has 4 aromatic rings. The first-order valence-corrected chi connectivity index (χ1v) is 13.3. The van der Waals surface area contributed by atoms with Gasteiger partial charge in [0.25, 0.3) is 5.91 Å². The molecule has 0 unspecified atom stereocenters. The third-order valence-corrected chi connectivity index (χ3v) is 7.18. The number of hydrogen-bond acceptors (Lipinski definition) is 9. The minimum absolute atomic E-state index is 0.0203. The van der Waals surface area contributed by atoms with E-state index in [1.54, 1.807) is 24.7 Å². The summed E-state index contributed by atoms with van der Waals surface area (Å²) >= 11 is 0. The Morgan fingerprint density at radius 3 is 2.72 bits per heavy atom. The van der Waals surface area contributed by atoms with Gasteiger partial charge in [0.1, 0.15) is 0 Å². The minimum Gasteiger partial charge on any atom is -0.378 e. The van der Waals surface area contributed by atoms with E-state index in [-0.39, 0.29) is 11.9 Å². The van der Waals surface area contributed by atoms with E-state index in [4.69, 9.17) is 19.7 Å². The number of anilines is 2. The Morgan fingerprint density at radius 2 is 1.95 bits per heavy atom. The van der Waals surface area contributed by atoms with E-state index < -0.39 is 0 Å². The number of aryl methyl sites for hydroxylation is 1. The van der Waals surface area contributed by atoms with Crippen molar-refractivity contribution < 1.29 is 9.53 Å². The average Bonchev–Trinajstić information content (AvgIpc) is 3.42. The summed E-state index contributed by atoms with van der Waals surface area (Å²) < 4.78 is 7.66. The average molecular weight is 526 g/mol. The molecule has 2 aliphatic rings. The van der Waals surface area contributed by atoms with Gasteiger partial charge in [0.05, 0.1) is 31.3 Å². The van der Waals surface area contributed by atoms with Gasteiger partial charge in [-0.05, 0) is 37.5 Å². The van der Waals surface area contributed by atoms with Gasteiger partial charge >= 0.3 is 0 Å². The van der Waals surface area contributed by atoms with Gasteiger partial charge in [0.2, 0.25) is 5.95 Å². The van der Waals surface area contributed by atoms with Crippen LogP contribution in [0.25, 0.3) is 11.2 Å². The predicted molar refractivity (Wildman–Crippen MR) is 149 cm³/mol. The quantitative estimate of drug-likeness (QED) is 0.301. The van der Waals surface area contributed by atoms with Crippen LogP contribution < -0.4 is 10.3 Å². The second kappa shape index (κ2) is 11.2. The van der Waals surface area contributed by atoms with E-state index in [9.17, 15) is 4.79 Å². The zero-order valence-electron chi connectivity index (χ0n) is 21.9. The Balaban J connectivity index is 1.26. The first-order chi connectivity index (χ1) is 19.2. The van der Waals surface area contributed by atoms with Crippen LogP contribution in [0.3, 0.4) is 0 Å². The number of rotatable bonds is 6. The molecular formula is C28H31N9O2. The molecule has 39 heavy (non-hydrogen) atoms. The monoisotopic (exact) mass is 525 g/mol. The number of piperidine rings is 1. The first-order valence-electron chi connectivity index (χ1n) is 13.3. The molecule has 0 radical (unpaired) electrons. The Morgan fingerprint density at radius 1 is 1.10 bits per heavy atom. The number of morpholine rings is 1. The maximum Gasteiger partial charge on any atom is 0.255 e. The van der Waals surface area contributed by atoms with Crippen LogP contribution in [0.4, 0.5) is 11.8 Å². The highest BCUT2D eigenvalue weighted by Gasteiger charge is 2.27. The summed E-state index contributed by atoms with van der Waals surface area (Å²) in [5.74, 6) is 1.21. The van der Waals surface area contributed by atoms with Crippen LogP contribution in [0.5, 0.6) is 0 Å². The standard InChI is InChI=1S/C28H31N9O2/c1-20-4-2-5-21(16-20)17-31-34-25-24-26(33-28(32-25)36-12-14-39-15-13-36)37(19-30-24)23-7-10-35(11-8-23)27(38)22-6-3-9-29-18-22/h2-6,9,16-19,23H,7-8,10-15H2,1H3,(H,32,33,34). The van der Waals surface area contributed by atoms with Crippen LogP contribution in [0, 0.1) is 6.92 Å². The van der Waals surface area contributed by atoms with Gasteiger partial charge in [-0.25, -0.2) is 4.98 Å². The highest BCUT2D eigenvalue weighted by molar-refractivity contribution is 5.94. The number of nitrogens with one attached hydrogen (secondary N) is 1. The molecule has 2 fully saturated rings. The van der Waals surface area contributed by atoms with Gasteiger partial charge in [-0.1, -0.05) is 29.8 Å². The lowest BCUT2D eigenvalue weighted by Crippen LogP contribution is -2.39. The summed E-state index contributed by atoms with van der Waals surface area (Å²) in [6.07, 6.45) is 8.53. The maximum atomic E-state index is 12.9. The predicted octanol–water partition coefficient (Wildman–Crippen LogP) is 3.29. The fraction of sp³-hybridized carbons (Fsp3) is 0.357. The molecule has 11 nitrogen and oxygen atoms in total. The topological polar surface area (TPSA) is 114 Å². The van der Waals surface area contributed by atoms with Gasteiger partial charge in [0.15, 0.2) is 17.0 Å². The fourth-order valence-corrected chi connectivity index (χ4v) is 5.09. The van der Waals surface area contributed by atoms with Gasteiger partial charge < -0.3 is 19.1 Å². The number of carbonyl (C=O) groups excluding carboxylic acids is 1. The maximum absolute atomic E-state index is 12.9. The molecule has 11 heteroatoms. The van der Waals surface area contributed by atoms with Crippen molar-refractivity contribution in [2.75, 3.05) is 49.7 Å². The van der Waals surface area contributed by atoms with E-state index >= 15 is 0 Å². The number of benzene rings is 1. The van der Waals surface area contributed by atoms with E-state index in [0.29, 0.717) is 49.1 Å². The number of ether oxygens (including phenoxy) is 1. The molecule has 3 aromatic heterocycles. The number of likely N-dealkylation sites (tertiary alicyclic amines) is 1. The van der Waals surface area contributed by atoms with Gasteiger partial charge in [-0.2, -0.15) is 15.1 Å². The number of hydrazone groups is 1. The molecule has 1 N–H and O–H groups in total. The number of aromatic nitrogens is 5. The van der Waals surface area contributed by atoms with E-state index in [1.165, 1.54) is 5.56 Å². The summed E-state index contributed by atoms with van der Waals surface area (Å²) in [4.78, 5) is 35.5. The molecule has 2 aliphatic heterocycles. The van der Waals surface area contributed by atoms with Crippen LogP contribution in [0.1, 0.15) is 40.4 Å². The molecular weight excluding hydrogens is 494 g/mol. The van der Waals surface area contributed by atoms with Gasteiger partial charge in [-0.3, -0.25) is 15.2 Å². The molecule has 1 amide bonds. The Hall–Kier alpha value is -4.38.